The quantitative estimate of drug-likeness (QED) is 0.904. The van der Waals surface area contributed by atoms with Crippen LogP contribution in [0.3, 0.4) is 0 Å². The van der Waals surface area contributed by atoms with Gasteiger partial charge in [-0.15, -0.1) is 11.8 Å². The maximum Gasteiger partial charge on any atom is 0.417 e. The van der Waals surface area contributed by atoms with E-state index in [2.05, 4.69) is 0 Å². The van der Waals surface area contributed by atoms with Gasteiger partial charge in [0, 0.05) is 6.42 Å². The van der Waals surface area contributed by atoms with Gasteiger partial charge in [0.25, 0.3) is 0 Å². The first-order valence-electron chi connectivity index (χ1n) is 5.33. The average molecular weight is 326 g/mol. The van der Waals surface area contributed by atoms with Crippen molar-refractivity contribution in [2.24, 2.45) is 0 Å². The zero-order valence-electron chi connectivity index (χ0n) is 10.1. The molecule has 110 valence electrons. The van der Waals surface area contributed by atoms with Gasteiger partial charge in [0.15, 0.2) is 9.84 Å². The first kappa shape index (κ1) is 15.2. The molecule has 20 heavy (non-hydrogen) atoms. The largest absolute Gasteiger partial charge is 0.478 e. The van der Waals surface area contributed by atoms with Gasteiger partial charge in [0.05, 0.1) is 16.0 Å². The Labute approximate surface area is 116 Å². The Morgan fingerprint density at radius 2 is 2.00 bits per heavy atom. The van der Waals surface area contributed by atoms with Crippen LogP contribution >= 0.6 is 11.8 Å². The molecule has 1 atom stereocenters. The van der Waals surface area contributed by atoms with Crippen LogP contribution in [0.15, 0.2) is 17.0 Å². The number of carboxylic acid groups (broad SMARTS) is 1. The number of benzene rings is 1. The molecular weight excluding hydrogens is 317 g/mol. The van der Waals surface area contributed by atoms with Crippen LogP contribution in [0, 0.1) is 0 Å². The highest BCUT2D eigenvalue weighted by molar-refractivity contribution is 8.13. The molecule has 0 amide bonds. The third kappa shape index (κ3) is 2.18. The molecule has 0 aliphatic carbocycles. The van der Waals surface area contributed by atoms with Gasteiger partial charge in [0.2, 0.25) is 0 Å². The van der Waals surface area contributed by atoms with Crippen molar-refractivity contribution in [2.45, 2.75) is 22.1 Å². The number of carbonyl (C=O) groups is 1. The highest BCUT2D eigenvalue weighted by atomic mass is 32.3. The van der Waals surface area contributed by atoms with Crippen LogP contribution in [-0.4, -0.2) is 30.3 Å². The summed E-state index contributed by atoms with van der Waals surface area (Å²) in [6, 6.07) is 1.64. The van der Waals surface area contributed by atoms with Crippen molar-refractivity contribution in [1.29, 1.82) is 0 Å². The number of alkyl halides is 3. The zero-order valence-corrected chi connectivity index (χ0v) is 11.7. The normalized spacial score (nSPS) is 20.7. The molecule has 0 saturated carbocycles. The lowest BCUT2D eigenvalue weighted by molar-refractivity contribution is -0.138. The van der Waals surface area contributed by atoms with Gasteiger partial charge in [-0.3, -0.25) is 0 Å². The molecule has 1 heterocycles. The van der Waals surface area contributed by atoms with Crippen molar-refractivity contribution in [2.75, 3.05) is 6.26 Å². The molecule has 2 rings (SSSR count). The van der Waals surface area contributed by atoms with Crippen molar-refractivity contribution in [3.05, 3.63) is 28.8 Å². The summed E-state index contributed by atoms with van der Waals surface area (Å²) >= 11 is 0.927. The minimum Gasteiger partial charge on any atom is -0.478 e. The van der Waals surface area contributed by atoms with Gasteiger partial charge in [-0.1, -0.05) is 0 Å². The maximum atomic E-state index is 13.1. The Bertz CT molecular complexity index is 680. The second kappa shape index (κ2) is 4.66. The summed E-state index contributed by atoms with van der Waals surface area (Å²) in [6.45, 7) is 0. The van der Waals surface area contributed by atoms with Gasteiger partial charge in [-0.2, -0.15) is 13.2 Å². The van der Waals surface area contributed by atoms with E-state index in [1.807, 2.05) is 0 Å². The Hall–Kier alpha value is -1.22. The summed E-state index contributed by atoms with van der Waals surface area (Å²) in [5.41, 5.74) is -2.73. The van der Waals surface area contributed by atoms with Gasteiger partial charge < -0.3 is 5.11 Å². The number of sulfone groups is 1. The molecule has 0 aromatic heterocycles. The first-order valence-corrected chi connectivity index (χ1v) is 8.17. The van der Waals surface area contributed by atoms with Crippen LogP contribution in [-0.2, 0) is 22.4 Å². The molecule has 0 saturated heterocycles. The van der Waals surface area contributed by atoms with Gasteiger partial charge >= 0.3 is 12.1 Å². The van der Waals surface area contributed by atoms with Crippen LogP contribution in [0.5, 0.6) is 0 Å². The monoisotopic (exact) mass is 326 g/mol. The smallest absolute Gasteiger partial charge is 0.417 e. The Morgan fingerprint density at radius 1 is 1.40 bits per heavy atom. The van der Waals surface area contributed by atoms with E-state index in [1.54, 1.807) is 0 Å². The van der Waals surface area contributed by atoms with E-state index < -0.39 is 48.2 Å². The fourth-order valence-corrected chi connectivity index (χ4v) is 5.34. The number of carboxylic acids is 1. The third-order valence-electron chi connectivity index (χ3n) is 3.07. The minimum absolute atomic E-state index is 0.338. The van der Waals surface area contributed by atoms with E-state index in [0.717, 1.165) is 17.8 Å². The Balaban J connectivity index is 2.81. The van der Waals surface area contributed by atoms with E-state index >= 15 is 0 Å². The van der Waals surface area contributed by atoms with Crippen LogP contribution in [0.25, 0.3) is 0 Å². The summed E-state index contributed by atoms with van der Waals surface area (Å²) in [5.74, 6) is -1.73. The summed E-state index contributed by atoms with van der Waals surface area (Å²) in [5, 5.41) is 8.86. The highest BCUT2D eigenvalue weighted by Gasteiger charge is 2.46. The van der Waals surface area contributed by atoms with Crippen molar-refractivity contribution < 1.29 is 31.5 Å². The second-order valence-electron chi connectivity index (χ2n) is 4.18. The number of fused-ring (bicyclic) bond motifs is 1. The highest BCUT2D eigenvalue weighted by Crippen LogP contribution is 2.44. The lowest BCUT2D eigenvalue weighted by Gasteiger charge is -2.14. The number of thioether (sulfide) groups is 1. The molecule has 0 bridgehead atoms. The minimum atomic E-state index is -4.91. The molecule has 0 spiro atoms. The van der Waals surface area contributed by atoms with E-state index in [4.69, 9.17) is 5.11 Å². The Kier molecular flexibility index (Phi) is 3.53. The number of hydrogen-bond donors (Lipinski definition) is 1. The van der Waals surface area contributed by atoms with Gasteiger partial charge in [-0.05, 0) is 24.0 Å². The predicted octanol–water partition coefficient (Wildman–Crippen LogP) is 2.42. The molecule has 1 N–H and O–H groups in total. The van der Waals surface area contributed by atoms with E-state index in [0.29, 0.717) is 6.07 Å². The molecule has 4 nitrogen and oxygen atoms in total. The van der Waals surface area contributed by atoms with Crippen molar-refractivity contribution >= 4 is 27.6 Å². The number of halogens is 3. The fraction of sp³-hybridized carbons (Fsp3) is 0.364. The van der Waals surface area contributed by atoms with Crippen LogP contribution in [0.1, 0.15) is 21.5 Å². The summed E-state index contributed by atoms with van der Waals surface area (Å²) < 4.78 is 62.3. The molecule has 1 aliphatic heterocycles. The third-order valence-corrected chi connectivity index (χ3v) is 6.95. The molecule has 1 aromatic rings. The molecule has 0 fully saturated rings. The predicted molar refractivity (Wildman–Crippen MR) is 66.6 cm³/mol. The summed E-state index contributed by atoms with van der Waals surface area (Å²) in [4.78, 5) is 10.5. The standard InChI is InChI=1S/C11H9F3O4S2/c1-19-8-4-6-7(20(8,17)18)3-2-5(10(15)16)9(6)11(12,13)14/h2-3,8H,4H2,1H3,(H,15,16). The number of hydrogen-bond acceptors (Lipinski definition) is 4. The SMILES string of the molecule is CSC1Cc2c(ccc(C(=O)O)c2C(F)(F)F)S1(=O)=O. The molecule has 1 unspecified atom stereocenters. The fourth-order valence-electron chi connectivity index (χ4n) is 2.23. The lowest BCUT2D eigenvalue weighted by Crippen LogP contribution is -2.16. The maximum absolute atomic E-state index is 13.1. The molecule has 9 heteroatoms. The van der Waals surface area contributed by atoms with Crippen LogP contribution < -0.4 is 0 Å². The van der Waals surface area contributed by atoms with E-state index in [1.165, 1.54) is 6.26 Å². The summed E-state index contributed by atoms with van der Waals surface area (Å²) in [6.07, 6.45) is -3.77. The lowest BCUT2D eigenvalue weighted by atomic mass is 9.98. The Morgan fingerprint density at radius 3 is 2.45 bits per heavy atom. The van der Waals surface area contributed by atoms with Gasteiger partial charge in [-0.25, -0.2) is 13.2 Å². The van der Waals surface area contributed by atoms with Crippen molar-refractivity contribution in [3.63, 3.8) is 0 Å². The summed E-state index contributed by atoms with van der Waals surface area (Å²) in [7, 11) is -3.85. The van der Waals surface area contributed by atoms with E-state index in [9.17, 15) is 26.4 Å². The average Bonchev–Trinajstić information content (AvgIpc) is 2.58. The molecule has 0 radical (unpaired) electrons. The molecule has 1 aromatic carbocycles. The topological polar surface area (TPSA) is 71.4 Å². The van der Waals surface area contributed by atoms with Crippen LogP contribution in [0.2, 0.25) is 0 Å². The number of rotatable bonds is 2. The zero-order chi connectivity index (χ0) is 15.3. The molecule has 1 aliphatic rings. The van der Waals surface area contributed by atoms with E-state index in [-0.39, 0.29) is 6.42 Å². The van der Waals surface area contributed by atoms with Crippen molar-refractivity contribution in [1.82, 2.24) is 0 Å². The van der Waals surface area contributed by atoms with Crippen molar-refractivity contribution in [3.8, 4) is 0 Å². The number of aromatic carboxylic acids is 1. The first-order chi connectivity index (χ1) is 9.10. The second-order valence-corrected chi connectivity index (χ2v) is 7.62. The molecular formula is C11H9F3O4S2. The van der Waals surface area contributed by atoms with Gasteiger partial charge in [0.1, 0.15) is 4.58 Å². The van der Waals surface area contributed by atoms with Crippen LogP contribution in [0.4, 0.5) is 13.2 Å².